The zero-order chi connectivity index (χ0) is 19.7. The first-order chi connectivity index (χ1) is 13.6. The molecule has 1 saturated heterocycles. The molecule has 1 amide bonds. The van der Waals surface area contributed by atoms with Gasteiger partial charge in [0.1, 0.15) is 11.4 Å². The summed E-state index contributed by atoms with van der Waals surface area (Å²) in [5.74, 6) is 0.284. The summed E-state index contributed by atoms with van der Waals surface area (Å²) in [4.78, 5) is 32.1. The molecule has 3 aromatic heterocycles. The van der Waals surface area contributed by atoms with Crippen molar-refractivity contribution in [2.45, 2.75) is 25.8 Å². The fourth-order valence-electron chi connectivity index (χ4n) is 3.59. The van der Waals surface area contributed by atoms with Crippen LogP contribution in [0.2, 0.25) is 0 Å². The van der Waals surface area contributed by atoms with Gasteiger partial charge in [-0.3, -0.25) is 4.79 Å². The number of hydrogen-bond donors (Lipinski definition) is 0. The molecule has 4 heterocycles. The number of carbonyl (C=O) groups excluding carboxylic acids is 2. The maximum Gasteiger partial charge on any atom is 0.354 e. The van der Waals surface area contributed by atoms with Crippen LogP contribution in [0.1, 0.15) is 44.7 Å². The molecule has 0 atom stereocenters. The second-order valence-electron chi connectivity index (χ2n) is 6.72. The molecule has 1 aliphatic rings. The molecule has 0 saturated carbocycles. The first kappa shape index (κ1) is 18.5. The summed E-state index contributed by atoms with van der Waals surface area (Å²) in [7, 11) is 1.38. The summed E-state index contributed by atoms with van der Waals surface area (Å²) >= 11 is 1.46. The lowest BCUT2D eigenvalue weighted by atomic mass is 10.0. The van der Waals surface area contributed by atoms with Crippen molar-refractivity contribution < 1.29 is 18.7 Å². The fourth-order valence-corrected chi connectivity index (χ4v) is 4.46. The molecule has 146 valence electrons. The number of hydrogen-bond acceptors (Lipinski definition) is 6. The molecule has 0 unspecified atom stereocenters. The van der Waals surface area contributed by atoms with E-state index >= 15 is 0 Å². The minimum atomic E-state index is -0.341. The van der Waals surface area contributed by atoms with E-state index in [1.54, 1.807) is 12.3 Å². The summed E-state index contributed by atoms with van der Waals surface area (Å²) < 4.78 is 12.2. The van der Waals surface area contributed by atoms with Crippen molar-refractivity contribution in [2.24, 2.45) is 0 Å². The van der Waals surface area contributed by atoms with Crippen LogP contribution in [0, 0.1) is 6.92 Å². The van der Waals surface area contributed by atoms with Crippen LogP contribution in [-0.4, -0.2) is 46.5 Å². The van der Waals surface area contributed by atoms with Gasteiger partial charge in [-0.1, -0.05) is 0 Å². The highest BCUT2D eigenvalue weighted by molar-refractivity contribution is 7.15. The third-order valence-electron chi connectivity index (χ3n) is 5.05. The van der Waals surface area contributed by atoms with Gasteiger partial charge in [-0.15, -0.1) is 11.3 Å². The standard InChI is InChI=1S/C20H21N3O4S/c1-13-17(21-18(28-13)16-6-4-12-27-16)19(24)22-10-7-14(8-11-22)23-9-3-5-15(23)20(25)26-2/h3-6,9,12,14H,7-8,10-11H2,1-2H3. The van der Waals surface area contributed by atoms with Gasteiger partial charge in [0.2, 0.25) is 0 Å². The third-order valence-corrected chi connectivity index (χ3v) is 6.04. The van der Waals surface area contributed by atoms with Crippen molar-refractivity contribution in [3.8, 4) is 10.8 Å². The molecule has 3 aromatic rings. The number of rotatable bonds is 4. The summed E-state index contributed by atoms with van der Waals surface area (Å²) in [6.45, 7) is 3.15. The minimum absolute atomic E-state index is 0.0503. The number of ether oxygens (including phenoxy) is 1. The Hall–Kier alpha value is -2.87. The summed E-state index contributed by atoms with van der Waals surface area (Å²) in [6.07, 6.45) is 5.05. The maximum absolute atomic E-state index is 13.0. The van der Waals surface area contributed by atoms with E-state index in [2.05, 4.69) is 4.98 Å². The Morgan fingerprint density at radius 1 is 1.25 bits per heavy atom. The number of methoxy groups -OCH3 is 1. The number of aryl methyl sites for hydroxylation is 1. The van der Waals surface area contributed by atoms with Gasteiger partial charge in [0, 0.05) is 30.2 Å². The number of carbonyl (C=O) groups is 2. The number of amides is 1. The number of nitrogens with zero attached hydrogens (tertiary/aromatic N) is 3. The van der Waals surface area contributed by atoms with E-state index < -0.39 is 0 Å². The molecule has 0 radical (unpaired) electrons. The largest absolute Gasteiger partial charge is 0.464 e. The summed E-state index contributed by atoms with van der Waals surface area (Å²) in [6, 6.07) is 7.43. The zero-order valence-corrected chi connectivity index (χ0v) is 16.6. The number of aromatic nitrogens is 2. The van der Waals surface area contributed by atoms with E-state index in [-0.39, 0.29) is 17.9 Å². The van der Waals surface area contributed by atoms with Crippen LogP contribution in [0.5, 0.6) is 0 Å². The van der Waals surface area contributed by atoms with Crippen molar-refractivity contribution >= 4 is 23.2 Å². The molecule has 28 heavy (non-hydrogen) atoms. The number of likely N-dealkylation sites (tertiary alicyclic amines) is 1. The monoisotopic (exact) mass is 399 g/mol. The van der Waals surface area contributed by atoms with Gasteiger partial charge in [-0.05, 0) is 44.0 Å². The third kappa shape index (κ3) is 3.35. The van der Waals surface area contributed by atoms with E-state index in [4.69, 9.17) is 9.15 Å². The molecule has 0 bridgehead atoms. The molecule has 0 aliphatic carbocycles. The lowest BCUT2D eigenvalue weighted by Crippen LogP contribution is -2.39. The van der Waals surface area contributed by atoms with E-state index in [1.165, 1.54) is 18.4 Å². The smallest absolute Gasteiger partial charge is 0.354 e. The van der Waals surface area contributed by atoms with Crippen LogP contribution in [0.25, 0.3) is 10.8 Å². The Morgan fingerprint density at radius 2 is 2.04 bits per heavy atom. The Kier molecular flexibility index (Phi) is 5.04. The van der Waals surface area contributed by atoms with Crippen LogP contribution in [0.4, 0.5) is 0 Å². The predicted molar refractivity (Wildman–Crippen MR) is 104 cm³/mol. The molecule has 4 rings (SSSR count). The Labute approximate surface area is 166 Å². The molecule has 0 aromatic carbocycles. The van der Waals surface area contributed by atoms with Crippen molar-refractivity contribution in [3.05, 3.63) is 53.0 Å². The zero-order valence-electron chi connectivity index (χ0n) is 15.8. The maximum atomic E-state index is 13.0. The van der Waals surface area contributed by atoms with Crippen molar-refractivity contribution in [2.75, 3.05) is 20.2 Å². The first-order valence-corrected chi connectivity index (χ1v) is 9.96. The molecular weight excluding hydrogens is 378 g/mol. The number of piperidine rings is 1. The van der Waals surface area contributed by atoms with Crippen molar-refractivity contribution in [1.29, 1.82) is 0 Å². The quantitative estimate of drug-likeness (QED) is 0.624. The minimum Gasteiger partial charge on any atom is -0.464 e. The van der Waals surface area contributed by atoms with E-state index in [9.17, 15) is 9.59 Å². The molecular formula is C20H21N3O4S. The normalized spacial score (nSPS) is 15.0. The Balaban J connectivity index is 1.45. The molecule has 1 aliphatic heterocycles. The summed E-state index contributed by atoms with van der Waals surface area (Å²) in [5.41, 5.74) is 1.04. The average molecular weight is 399 g/mol. The van der Waals surface area contributed by atoms with Gasteiger partial charge in [-0.25, -0.2) is 9.78 Å². The van der Waals surface area contributed by atoms with Crippen molar-refractivity contribution in [3.63, 3.8) is 0 Å². The van der Waals surface area contributed by atoms with Crippen LogP contribution in [-0.2, 0) is 4.74 Å². The molecule has 8 heteroatoms. The average Bonchev–Trinajstić information content (AvgIpc) is 3.47. The highest BCUT2D eigenvalue weighted by Gasteiger charge is 2.29. The van der Waals surface area contributed by atoms with Gasteiger partial charge >= 0.3 is 5.97 Å². The van der Waals surface area contributed by atoms with Crippen molar-refractivity contribution in [1.82, 2.24) is 14.5 Å². The predicted octanol–water partition coefficient (Wildman–Crippen LogP) is 3.78. The van der Waals surface area contributed by atoms with Crippen LogP contribution in [0.15, 0.2) is 41.1 Å². The highest BCUT2D eigenvalue weighted by Crippen LogP contribution is 2.30. The lowest BCUT2D eigenvalue weighted by molar-refractivity contribution is 0.0573. The highest BCUT2D eigenvalue weighted by atomic mass is 32.1. The van der Waals surface area contributed by atoms with Gasteiger partial charge in [0.25, 0.3) is 5.91 Å². The first-order valence-electron chi connectivity index (χ1n) is 9.14. The molecule has 0 spiro atoms. The van der Waals surface area contributed by atoms with Gasteiger partial charge in [-0.2, -0.15) is 0 Å². The lowest BCUT2D eigenvalue weighted by Gasteiger charge is -2.33. The van der Waals surface area contributed by atoms with Gasteiger partial charge < -0.3 is 18.6 Å². The second kappa shape index (κ2) is 7.63. The fraction of sp³-hybridized carbons (Fsp3) is 0.350. The van der Waals surface area contributed by atoms with Gasteiger partial charge in [0.05, 0.1) is 13.4 Å². The van der Waals surface area contributed by atoms with E-state index in [0.29, 0.717) is 30.2 Å². The molecule has 0 N–H and O–H groups in total. The van der Waals surface area contributed by atoms with Gasteiger partial charge in [0.15, 0.2) is 10.8 Å². The second-order valence-corrected chi connectivity index (χ2v) is 7.92. The Morgan fingerprint density at radius 3 is 2.71 bits per heavy atom. The number of furan rings is 1. The number of thiazole rings is 1. The molecule has 7 nitrogen and oxygen atoms in total. The Bertz CT molecular complexity index is 981. The van der Waals surface area contributed by atoms with Crippen LogP contribution < -0.4 is 0 Å². The number of esters is 1. The summed E-state index contributed by atoms with van der Waals surface area (Å²) in [5, 5.41) is 0.718. The SMILES string of the molecule is COC(=O)c1cccn1C1CCN(C(=O)c2nc(-c3ccco3)sc2C)CC1. The molecule has 1 fully saturated rings. The van der Waals surface area contributed by atoms with Crippen LogP contribution >= 0.6 is 11.3 Å². The van der Waals surface area contributed by atoms with E-state index in [1.807, 2.05) is 40.8 Å². The van der Waals surface area contributed by atoms with Crippen LogP contribution in [0.3, 0.4) is 0 Å². The van der Waals surface area contributed by atoms with E-state index in [0.717, 1.165) is 22.7 Å². The topological polar surface area (TPSA) is 77.6 Å².